The Morgan fingerprint density at radius 2 is 1.93 bits per heavy atom. The molecule has 3 heteroatoms. The Balaban J connectivity index is 2.21. The van der Waals surface area contributed by atoms with Gasteiger partial charge in [0, 0.05) is 5.02 Å². The Morgan fingerprint density at radius 3 is 2.57 bits per heavy atom. The van der Waals surface area contributed by atoms with Crippen molar-refractivity contribution in [3.63, 3.8) is 0 Å². The Morgan fingerprint density at radius 1 is 1.21 bits per heavy atom. The molecule has 1 atom stereocenters. The molecule has 1 heterocycles. The molecule has 2 rings (SSSR count). The molecule has 72 valence electrons. The molecule has 0 aromatic heterocycles. The van der Waals surface area contributed by atoms with Crippen LogP contribution in [0.5, 0.6) is 0 Å². The van der Waals surface area contributed by atoms with Gasteiger partial charge in [-0.1, -0.05) is 29.8 Å². The van der Waals surface area contributed by atoms with Crippen LogP contribution in [-0.2, 0) is 4.74 Å². The first-order valence-electron chi connectivity index (χ1n) is 4.22. The smallest absolute Gasteiger partial charge is 0.163 e. The van der Waals surface area contributed by atoms with E-state index >= 15 is 0 Å². The summed E-state index contributed by atoms with van der Waals surface area (Å²) in [5, 5.41) is 0.739. The summed E-state index contributed by atoms with van der Waals surface area (Å²) < 4.78 is 6.31. The van der Waals surface area contributed by atoms with Crippen LogP contribution in [-0.4, -0.2) is 0 Å². The van der Waals surface area contributed by atoms with E-state index in [-0.39, 0.29) is 6.10 Å². The minimum atomic E-state index is -0.0216. The van der Waals surface area contributed by atoms with Gasteiger partial charge in [-0.05, 0) is 45.8 Å². The lowest BCUT2D eigenvalue weighted by Crippen LogP contribution is -2.01. The molecule has 0 bridgehead atoms. The SMILES string of the molecule is Clc1ccc(C2C=CC=C(Br)O2)cc1. The van der Waals surface area contributed by atoms with Gasteiger partial charge in [0.15, 0.2) is 4.67 Å². The van der Waals surface area contributed by atoms with Crippen molar-refractivity contribution in [1.29, 1.82) is 0 Å². The highest BCUT2D eigenvalue weighted by Gasteiger charge is 2.12. The van der Waals surface area contributed by atoms with Crippen LogP contribution in [0.2, 0.25) is 5.02 Å². The van der Waals surface area contributed by atoms with E-state index in [0.717, 1.165) is 15.3 Å². The Hall–Kier alpha value is -0.730. The molecule has 1 aliphatic rings. The molecule has 0 spiro atoms. The minimum absolute atomic E-state index is 0.0216. The van der Waals surface area contributed by atoms with Gasteiger partial charge < -0.3 is 4.74 Å². The molecule has 0 saturated heterocycles. The second-order valence-corrected chi connectivity index (χ2v) is 4.16. The van der Waals surface area contributed by atoms with Crippen LogP contribution in [0, 0.1) is 0 Å². The van der Waals surface area contributed by atoms with Crippen LogP contribution in [0.1, 0.15) is 11.7 Å². The van der Waals surface area contributed by atoms with E-state index in [9.17, 15) is 0 Å². The van der Waals surface area contributed by atoms with Crippen molar-refractivity contribution in [3.8, 4) is 0 Å². The van der Waals surface area contributed by atoms with Crippen molar-refractivity contribution in [3.05, 3.63) is 57.7 Å². The molecule has 1 nitrogen and oxygen atoms in total. The summed E-state index contributed by atoms with van der Waals surface area (Å²) in [6, 6.07) is 7.65. The number of allylic oxidation sites excluding steroid dienone is 2. The third-order valence-corrected chi connectivity index (χ3v) is 2.65. The monoisotopic (exact) mass is 270 g/mol. The minimum Gasteiger partial charge on any atom is -0.475 e. The summed E-state index contributed by atoms with van der Waals surface area (Å²) in [7, 11) is 0. The van der Waals surface area contributed by atoms with Crippen molar-refractivity contribution >= 4 is 27.5 Å². The average molecular weight is 272 g/mol. The maximum Gasteiger partial charge on any atom is 0.163 e. The fraction of sp³-hybridized carbons (Fsp3) is 0.0909. The highest BCUT2D eigenvalue weighted by Crippen LogP contribution is 2.28. The summed E-state index contributed by atoms with van der Waals surface area (Å²) in [6.07, 6.45) is 5.81. The number of ether oxygens (including phenoxy) is 1. The third kappa shape index (κ3) is 2.20. The van der Waals surface area contributed by atoms with Gasteiger partial charge >= 0.3 is 0 Å². The highest BCUT2D eigenvalue weighted by atomic mass is 79.9. The first-order chi connectivity index (χ1) is 6.75. The Bertz CT molecular complexity index is 381. The molecule has 14 heavy (non-hydrogen) atoms. The van der Waals surface area contributed by atoms with Crippen molar-refractivity contribution in [2.45, 2.75) is 6.10 Å². The third-order valence-electron chi connectivity index (χ3n) is 1.95. The van der Waals surface area contributed by atoms with E-state index in [4.69, 9.17) is 16.3 Å². The first kappa shape index (κ1) is 9.81. The lowest BCUT2D eigenvalue weighted by molar-refractivity contribution is 0.178. The summed E-state index contributed by atoms with van der Waals surface area (Å²) >= 11 is 9.10. The van der Waals surface area contributed by atoms with Gasteiger partial charge in [-0.15, -0.1) is 0 Å². The van der Waals surface area contributed by atoms with Gasteiger partial charge in [0.25, 0.3) is 0 Å². The first-order valence-corrected chi connectivity index (χ1v) is 5.39. The molecule has 1 aromatic rings. The topological polar surface area (TPSA) is 9.23 Å². The molecule has 0 aliphatic carbocycles. The maximum absolute atomic E-state index is 5.80. The molecular formula is C11H8BrClO. The van der Waals surface area contributed by atoms with Gasteiger partial charge in [-0.25, -0.2) is 0 Å². The number of hydrogen-bond donors (Lipinski definition) is 0. The summed E-state index contributed by atoms with van der Waals surface area (Å²) in [4.78, 5) is 0. The second-order valence-electron chi connectivity index (χ2n) is 2.95. The number of rotatable bonds is 1. The average Bonchev–Trinajstić information content (AvgIpc) is 2.19. The quantitative estimate of drug-likeness (QED) is 0.744. The van der Waals surface area contributed by atoms with Crippen molar-refractivity contribution in [1.82, 2.24) is 0 Å². The van der Waals surface area contributed by atoms with Gasteiger partial charge in [-0.3, -0.25) is 0 Å². The zero-order valence-corrected chi connectivity index (χ0v) is 9.62. The van der Waals surface area contributed by atoms with Gasteiger partial charge in [-0.2, -0.15) is 0 Å². The van der Waals surface area contributed by atoms with E-state index in [1.165, 1.54) is 0 Å². The summed E-state index contributed by atoms with van der Waals surface area (Å²) in [5.74, 6) is 0. The highest BCUT2D eigenvalue weighted by molar-refractivity contribution is 9.11. The van der Waals surface area contributed by atoms with Gasteiger partial charge in [0.05, 0.1) is 0 Å². The van der Waals surface area contributed by atoms with Crippen molar-refractivity contribution in [2.24, 2.45) is 0 Å². The largest absolute Gasteiger partial charge is 0.475 e. The number of halogens is 2. The summed E-state index contributed by atoms with van der Waals surface area (Å²) in [6.45, 7) is 0. The molecule has 0 radical (unpaired) electrons. The molecule has 1 aromatic carbocycles. The molecule has 1 aliphatic heterocycles. The van der Waals surface area contributed by atoms with E-state index < -0.39 is 0 Å². The van der Waals surface area contributed by atoms with Gasteiger partial charge in [0.2, 0.25) is 0 Å². The van der Waals surface area contributed by atoms with E-state index in [1.54, 1.807) is 0 Å². The van der Waals surface area contributed by atoms with Gasteiger partial charge in [0.1, 0.15) is 6.10 Å². The lowest BCUT2D eigenvalue weighted by Gasteiger charge is -2.17. The normalized spacial score (nSPS) is 20.1. The van der Waals surface area contributed by atoms with E-state index in [0.29, 0.717) is 0 Å². The summed E-state index contributed by atoms with van der Waals surface area (Å²) in [5.41, 5.74) is 1.09. The molecular weight excluding hydrogens is 263 g/mol. The maximum atomic E-state index is 5.80. The molecule has 0 saturated carbocycles. The lowest BCUT2D eigenvalue weighted by atomic mass is 10.1. The molecule has 0 N–H and O–H groups in total. The van der Waals surface area contributed by atoms with Crippen LogP contribution >= 0.6 is 27.5 Å². The number of hydrogen-bond acceptors (Lipinski definition) is 1. The Kier molecular flexibility index (Phi) is 2.94. The molecule has 0 fully saturated rings. The fourth-order valence-electron chi connectivity index (χ4n) is 1.26. The van der Waals surface area contributed by atoms with Crippen molar-refractivity contribution < 1.29 is 4.74 Å². The van der Waals surface area contributed by atoms with Crippen LogP contribution in [0.15, 0.2) is 47.2 Å². The predicted molar refractivity (Wildman–Crippen MR) is 61.4 cm³/mol. The number of benzene rings is 1. The Labute approximate surface area is 96.2 Å². The van der Waals surface area contributed by atoms with E-state index in [1.807, 2.05) is 42.5 Å². The predicted octanol–water partition coefficient (Wildman–Crippen LogP) is 4.20. The standard InChI is InChI=1S/C11H8BrClO/c12-11-3-1-2-10(14-11)8-4-6-9(13)7-5-8/h1-7,10H. The van der Waals surface area contributed by atoms with Crippen LogP contribution < -0.4 is 0 Å². The van der Waals surface area contributed by atoms with Crippen LogP contribution in [0.3, 0.4) is 0 Å². The molecule has 1 unspecified atom stereocenters. The zero-order valence-electron chi connectivity index (χ0n) is 7.28. The zero-order chi connectivity index (χ0) is 9.97. The van der Waals surface area contributed by atoms with Crippen LogP contribution in [0.4, 0.5) is 0 Å². The van der Waals surface area contributed by atoms with E-state index in [2.05, 4.69) is 15.9 Å². The fourth-order valence-corrected chi connectivity index (χ4v) is 1.74. The molecule has 0 amide bonds. The second kappa shape index (κ2) is 4.20. The van der Waals surface area contributed by atoms with Crippen LogP contribution in [0.25, 0.3) is 0 Å². The van der Waals surface area contributed by atoms with Crippen molar-refractivity contribution in [2.75, 3.05) is 0 Å².